The third kappa shape index (κ3) is 4.64. The summed E-state index contributed by atoms with van der Waals surface area (Å²) in [6.07, 6.45) is 2.37. The molecule has 2 aromatic heterocycles. The minimum absolute atomic E-state index is 0.150. The molecule has 10 nitrogen and oxygen atoms in total. The van der Waals surface area contributed by atoms with E-state index in [4.69, 9.17) is 9.47 Å². The van der Waals surface area contributed by atoms with Gasteiger partial charge >= 0.3 is 0 Å². The van der Waals surface area contributed by atoms with Gasteiger partial charge in [-0.05, 0) is 38.1 Å². The predicted molar refractivity (Wildman–Crippen MR) is 112 cm³/mol. The van der Waals surface area contributed by atoms with Crippen LogP contribution in [0.15, 0.2) is 52.6 Å². The van der Waals surface area contributed by atoms with E-state index in [1.54, 1.807) is 26.0 Å². The van der Waals surface area contributed by atoms with E-state index >= 15 is 0 Å². The highest BCUT2D eigenvalue weighted by Gasteiger charge is 2.27. The third-order valence-corrected chi connectivity index (χ3v) is 6.39. The molecule has 0 bridgehead atoms. The highest BCUT2D eigenvalue weighted by Crippen LogP contribution is 2.30. The number of ether oxygens (including phenoxy) is 2. The Hall–Kier alpha value is -3.12. The SMILES string of the molecule is CCOc1ccc(S(=O)(=O)NC(=O)c2nc(S(C)(=O)=O)n3ccccc23)cc1OCC. The first-order valence-electron chi connectivity index (χ1n) is 9.22. The number of benzene rings is 1. The minimum atomic E-state index is -4.31. The van der Waals surface area contributed by atoms with Gasteiger partial charge in [0.05, 0.1) is 23.6 Å². The Bertz CT molecular complexity index is 1350. The number of amides is 1. The summed E-state index contributed by atoms with van der Waals surface area (Å²) >= 11 is 0. The van der Waals surface area contributed by atoms with E-state index in [2.05, 4.69) is 4.98 Å². The van der Waals surface area contributed by atoms with Crippen LogP contribution in [-0.4, -0.2) is 51.6 Å². The van der Waals surface area contributed by atoms with Crippen molar-refractivity contribution in [2.45, 2.75) is 23.9 Å². The van der Waals surface area contributed by atoms with Crippen LogP contribution < -0.4 is 14.2 Å². The second kappa shape index (κ2) is 8.55. The molecule has 0 saturated heterocycles. The van der Waals surface area contributed by atoms with Gasteiger partial charge in [0, 0.05) is 18.5 Å². The number of carbonyl (C=O) groups is 1. The average Bonchev–Trinajstić information content (AvgIpc) is 3.09. The number of hydrogen-bond acceptors (Lipinski definition) is 8. The van der Waals surface area contributed by atoms with Crippen LogP contribution in [-0.2, 0) is 19.9 Å². The summed E-state index contributed by atoms with van der Waals surface area (Å²) in [6, 6.07) is 8.56. The molecular formula is C19H21N3O7S2. The maximum atomic E-state index is 12.8. The van der Waals surface area contributed by atoms with Crippen molar-refractivity contribution in [2.24, 2.45) is 0 Å². The lowest BCUT2D eigenvalue weighted by Gasteiger charge is -2.13. The number of rotatable bonds is 8. The molecular weight excluding hydrogens is 446 g/mol. The number of nitrogens with zero attached hydrogens (tertiary/aromatic N) is 2. The molecule has 0 spiro atoms. The van der Waals surface area contributed by atoms with Gasteiger partial charge in [-0.3, -0.25) is 9.20 Å². The Morgan fingerprint density at radius 3 is 2.35 bits per heavy atom. The minimum Gasteiger partial charge on any atom is -0.490 e. The molecule has 1 amide bonds. The number of nitrogens with one attached hydrogen (secondary N) is 1. The second-order valence-corrected chi connectivity index (χ2v) is 9.97. The molecule has 0 aliphatic carbocycles. The van der Waals surface area contributed by atoms with E-state index in [1.807, 2.05) is 4.72 Å². The van der Waals surface area contributed by atoms with Gasteiger partial charge in [-0.25, -0.2) is 26.5 Å². The van der Waals surface area contributed by atoms with Gasteiger partial charge in [0.1, 0.15) is 0 Å². The summed E-state index contributed by atoms with van der Waals surface area (Å²) in [7, 11) is -8.08. The summed E-state index contributed by atoms with van der Waals surface area (Å²) < 4.78 is 63.6. The fourth-order valence-electron chi connectivity index (χ4n) is 2.87. The van der Waals surface area contributed by atoms with E-state index in [0.717, 1.165) is 6.26 Å². The summed E-state index contributed by atoms with van der Waals surface area (Å²) in [4.78, 5) is 16.4. The summed E-state index contributed by atoms with van der Waals surface area (Å²) in [5, 5.41) is -0.370. The predicted octanol–water partition coefficient (Wildman–Crippen LogP) is 1.65. The van der Waals surface area contributed by atoms with Crippen molar-refractivity contribution in [1.82, 2.24) is 14.1 Å². The normalized spacial score (nSPS) is 12.0. The molecule has 0 aliphatic heterocycles. The number of carbonyl (C=O) groups excluding carboxylic acids is 1. The van der Waals surface area contributed by atoms with Crippen molar-refractivity contribution in [3.8, 4) is 11.5 Å². The van der Waals surface area contributed by atoms with Crippen molar-refractivity contribution in [3.05, 3.63) is 48.3 Å². The van der Waals surface area contributed by atoms with Crippen LogP contribution in [0.1, 0.15) is 24.3 Å². The highest BCUT2D eigenvalue weighted by molar-refractivity contribution is 7.90. The van der Waals surface area contributed by atoms with Gasteiger partial charge < -0.3 is 9.47 Å². The Labute approximate surface area is 179 Å². The molecule has 0 unspecified atom stereocenters. The number of sulfone groups is 1. The van der Waals surface area contributed by atoms with Crippen molar-refractivity contribution in [2.75, 3.05) is 19.5 Å². The number of hydrogen-bond donors (Lipinski definition) is 1. The molecule has 31 heavy (non-hydrogen) atoms. The smallest absolute Gasteiger partial charge is 0.285 e. The largest absolute Gasteiger partial charge is 0.490 e. The standard InChI is InChI=1S/C19H21N3O7S2/c1-4-28-15-10-9-13(12-16(15)29-5-2)31(26,27)21-18(23)17-14-8-6-7-11-22(14)19(20-17)30(3,24)25/h6-12H,4-5H2,1-3H3,(H,21,23). The van der Waals surface area contributed by atoms with Crippen molar-refractivity contribution in [3.63, 3.8) is 0 Å². The van der Waals surface area contributed by atoms with Crippen LogP contribution in [0.5, 0.6) is 11.5 Å². The third-order valence-electron chi connectivity index (χ3n) is 4.11. The lowest BCUT2D eigenvalue weighted by atomic mass is 10.3. The van der Waals surface area contributed by atoms with Gasteiger partial charge in [0.15, 0.2) is 17.2 Å². The maximum absolute atomic E-state index is 12.8. The number of pyridine rings is 1. The first kappa shape index (κ1) is 22.6. The van der Waals surface area contributed by atoms with Crippen LogP contribution in [0.2, 0.25) is 0 Å². The Kier molecular flexibility index (Phi) is 6.23. The fourth-order valence-corrected chi connectivity index (χ4v) is 4.61. The summed E-state index contributed by atoms with van der Waals surface area (Å²) in [6.45, 7) is 4.16. The summed E-state index contributed by atoms with van der Waals surface area (Å²) in [5.41, 5.74) is -0.183. The van der Waals surface area contributed by atoms with Crippen molar-refractivity contribution >= 4 is 31.3 Å². The topological polar surface area (TPSA) is 133 Å². The number of fused-ring (bicyclic) bond motifs is 1. The molecule has 0 aliphatic rings. The quantitative estimate of drug-likeness (QED) is 0.529. The Morgan fingerprint density at radius 1 is 1.03 bits per heavy atom. The van der Waals surface area contributed by atoms with Gasteiger partial charge in [-0.2, -0.15) is 0 Å². The van der Waals surface area contributed by atoms with Crippen LogP contribution in [0.3, 0.4) is 0 Å². The zero-order valence-corrected chi connectivity index (χ0v) is 18.7. The maximum Gasteiger partial charge on any atom is 0.285 e. The van der Waals surface area contributed by atoms with Crippen LogP contribution in [0, 0.1) is 0 Å². The first-order valence-corrected chi connectivity index (χ1v) is 12.6. The fraction of sp³-hybridized carbons (Fsp3) is 0.263. The molecule has 2 heterocycles. The van der Waals surface area contributed by atoms with Gasteiger partial charge in [-0.1, -0.05) is 6.07 Å². The van der Waals surface area contributed by atoms with E-state index in [-0.39, 0.29) is 33.6 Å². The molecule has 0 atom stereocenters. The van der Waals surface area contributed by atoms with Crippen LogP contribution in [0.25, 0.3) is 5.52 Å². The second-order valence-electron chi connectivity index (χ2n) is 6.38. The molecule has 1 aromatic carbocycles. The first-order chi connectivity index (χ1) is 14.6. The number of sulfonamides is 1. The van der Waals surface area contributed by atoms with E-state index in [1.165, 1.54) is 34.9 Å². The van der Waals surface area contributed by atoms with Gasteiger partial charge in [0.2, 0.25) is 15.0 Å². The summed E-state index contributed by atoms with van der Waals surface area (Å²) in [5.74, 6) is -0.482. The molecule has 0 fully saturated rings. The molecule has 12 heteroatoms. The zero-order valence-electron chi connectivity index (χ0n) is 17.0. The highest BCUT2D eigenvalue weighted by atomic mass is 32.2. The van der Waals surface area contributed by atoms with E-state index < -0.39 is 25.8 Å². The Morgan fingerprint density at radius 2 is 1.71 bits per heavy atom. The van der Waals surface area contributed by atoms with E-state index in [0.29, 0.717) is 12.4 Å². The van der Waals surface area contributed by atoms with Gasteiger partial charge in [0.25, 0.3) is 15.9 Å². The number of aromatic nitrogens is 2. The molecule has 166 valence electrons. The van der Waals surface area contributed by atoms with Gasteiger partial charge in [-0.15, -0.1) is 0 Å². The average molecular weight is 468 g/mol. The Balaban J connectivity index is 1.99. The van der Waals surface area contributed by atoms with Crippen LogP contribution in [0.4, 0.5) is 0 Å². The van der Waals surface area contributed by atoms with E-state index in [9.17, 15) is 21.6 Å². The van der Waals surface area contributed by atoms with Crippen LogP contribution >= 0.6 is 0 Å². The van der Waals surface area contributed by atoms with Crippen molar-refractivity contribution in [1.29, 1.82) is 0 Å². The lowest BCUT2D eigenvalue weighted by molar-refractivity contribution is 0.0978. The van der Waals surface area contributed by atoms with Crippen molar-refractivity contribution < 1.29 is 31.1 Å². The molecule has 3 aromatic rings. The molecule has 0 radical (unpaired) electrons. The zero-order chi connectivity index (χ0) is 22.8. The lowest BCUT2D eigenvalue weighted by Crippen LogP contribution is -2.31. The molecule has 0 saturated carbocycles. The molecule has 1 N–H and O–H groups in total. The monoisotopic (exact) mass is 467 g/mol. The molecule has 3 rings (SSSR count). The number of imidazole rings is 1.